The number of nitrogens with one attached hydrogen (secondary N) is 2. The summed E-state index contributed by atoms with van der Waals surface area (Å²) in [5.74, 6) is -0.0368. The SMILES string of the molecule is O=C(NCCNS(=O)(=O)c1cccc(Cl)c1)c1cc(-c2ccncc2)on1. The highest BCUT2D eigenvalue weighted by Crippen LogP contribution is 2.19. The summed E-state index contributed by atoms with van der Waals surface area (Å²) in [5, 5.41) is 6.61. The molecule has 2 N–H and O–H groups in total. The highest BCUT2D eigenvalue weighted by atomic mass is 35.5. The summed E-state index contributed by atoms with van der Waals surface area (Å²) in [6, 6.07) is 10.9. The van der Waals surface area contributed by atoms with E-state index in [0.717, 1.165) is 5.56 Å². The van der Waals surface area contributed by atoms with Crippen LogP contribution in [-0.2, 0) is 10.0 Å². The number of pyridine rings is 1. The molecule has 0 aliphatic carbocycles. The quantitative estimate of drug-likeness (QED) is 0.581. The second kappa shape index (κ2) is 8.30. The van der Waals surface area contributed by atoms with Gasteiger partial charge in [0.2, 0.25) is 10.0 Å². The van der Waals surface area contributed by atoms with Crippen molar-refractivity contribution in [1.82, 2.24) is 20.2 Å². The Morgan fingerprint density at radius 1 is 1.11 bits per heavy atom. The highest BCUT2D eigenvalue weighted by Gasteiger charge is 2.15. The van der Waals surface area contributed by atoms with Crippen molar-refractivity contribution in [1.29, 1.82) is 0 Å². The van der Waals surface area contributed by atoms with Gasteiger partial charge in [0, 0.05) is 42.1 Å². The Labute approximate surface area is 160 Å². The lowest BCUT2D eigenvalue weighted by Gasteiger charge is -2.07. The van der Waals surface area contributed by atoms with Crippen LogP contribution in [0.4, 0.5) is 0 Å². The van der Waals surface area contributed by atoms with Gasteiger partial charge >= 0.3 is 0 Å². The number of hydrogen-bond acceptors (Lipinski definition) is 6. The molecule has 0 atom stereocenters. The number of nitrogens with zero attached hydrogens (tertiary/aromatic N) is 2. The number of halogens is 1. The van der Waals surface area contributed by atoms with E-state index in [2.05, 4.69) is 20.2 Å². The zero-order chi connectivity index (χ0) is 19.3. The van der Waals surface area contributed by atoms with Gasteiger partial charge in [0.15, 0.2) is 11.5 Å². The number of rotatable bonds is 7. The van der Waals surface area contributed by atoms with Crippen molar-refractivity contribution in [3.63, 3.8) is 0 Å². The van der Waals surface area contributed by atoms with Gasteiger partial charge < -0.3 is 9.84 Å². The minimum atomic E-state index is -3.70. The third kappa shape index (κ3) is 4.91. The molecule has 0 saturated heterocycles. The molecule has 10 heteroatoms. The zero-order valence-electron chi connectivity index (χ0n) is 13.9. The molecule has 3 rings (SSSR count). The zero-order valence-corrected chi connectivity index (χ0v) is 15.5. The summed E-state index contributed by atoms with van der Waals surface area (Å²) in [6.45, 7) is 0.0890. The minimum Gasteiger partial charge on any atom is -0.355 e. The Hall–Kier alpha value is -2.75. The van der Waals surface area contributed by atoms with Crippen molar-refractivity contribution in [2.75, 3.05) is 13.1 Å². The van der Waals surface area contributed by atoms with Gasteiger partial charge in [0.1, 0.15) is 0 Å². The summed E-state index contributed by atoms with van der Waals surface area (Å²) in [4.78, 5) is 16.0. The van der Waals surface area contributed by atoms with E-state index in [-0.39, 0.29) is 23.7 Å². The standard InChI is InChI=1S/C17H15ClN4O4S/c18-13-2-1-3-14(10-13)27(24,25)21-9-8-20-17(23)15-11-16(26-22-15)12-4-6-19-7-5-12/h1-7,10-11,21H,8-9H2,(H,20,23). The van der Waals surface area contributed by atoms with E-state index >= 15 is 0 Å². The van der Waals surface area contributed by atoms with Crippen LogP contribution in [0.15, 0.2) is 64.3 Å². The minimum absolute atomic E-state index is 0.00957. The van der Waals surface area contributed by atoms with Crippen LogP contribution in [0.25, 0.3) is 11.3 Å². The summed E-state index contributed by atoms with van der Waals surface area (Å²) < 4.78 is 31.8. The van der Waals surface area contributed by atoms with E-state index in [1.807, 2.05) is 0 Å². The van der Waals surface area contributed by atoms with Crippen molar-refractivity contribution in [3.8, 4) is 11.3 Å². The maximum atomic E-state index is 12.1. The van der Waals surface area contributed by atoms with Crippen LogP contribution in [0.5, 0.6) is 0 Å². The molecule has 0 fully saturated rings. The van der Waals surface area contributed by atoms with Crippen molar-refractivity contribution in [2.24, 2.45) is 0 Å². The van der Waals surface area contributed by atoms with Crippen LogP contribution in [0.2, 0.25) is 5.02 Å². The molecule has 0 saturated carbocycles. The maximum absolute atomic E-state index is 12.1. The normalized spacial score (nSPS) is 11.3. The van der Waals surface area contributed by atoms with E-state index in [1.165, 1.54) is 18.2 Å². The monoisotopic (exact) mass is 406 g/mol. The number of aromatic nitrogens is 2. The molecule has 27 heavy (non-hydrogen) atoms. The summed E-state index contributed by atoms with van der Waals surface area (Å²) in [7, 11) is -3.70. The average Bonchev–Trinajstić information content (AvgIpc) is 3.16. The van der Waals surface area contributed by atoms with E-state index in [1.54, 1.807) is 36.7 Å². The molecule has 3 aromatic rings. The third-order valence-corrected chi connectivity index (χ3v) is 5.21. The van der Waals surface area contributed by atoms with Crippen LogP contribution >= 0.6 is 11.6 Å². The molecular weight excluding hydrogens is 392 g/mol. The van der Waals surface area contributed by atoms with Crippen LogP contribution < -0.4 is 10.0 Å². The molecule has 1 amide bonds. The Balaban J connectivity index is 1.52. The maximum Gasteiger partial charge on any atom is 0.273 e. The topological polar surface area (TPSA) is 114 Å². The fourth-order valence-electron chi connectivity index (χ4n) is 2.20. The van der Waals surface area contributed by atoms with Gasteiger partial charge in [-0.25, -0.2) is 13.1 Å². The molecule has 0 unspecified atom stereocenters. The van der Waals surface area contributed by atoms with Crippen LogP contribution in [-0.4, -0.2) is 37.6 Å². The van der Waals surface area contributed by atoms with Crippen molar-refractivity contribution < 1.29 is 17.7 Å². The Morgan fingerprint density at radius 2 is 1.89 bits per heavy atom. The summed E-state index contributed by atoms with van der Waals surface area (Å²) >= 11 is 5.80. The number of carbonyl (C=O) groups excluding carboxylic acids is 1. The Kier molecular flexibility index (Phi) is 5.84. The first-order valence-corrected chi connectivity index (χ1v) is 9.72. The second-order valence-electron chi connectivity index (χ2n) is 5.42. The molecule has 0 aliphatic rings. The van der Waals surface area contributed by atoms with Gasteiger partial charge in [-0.15, -0.1) is 0 Å². The lowest BCUT2D eigenvalue weighted by Crippen LogP contribution is -2.34. The van der Waals surface area contributed by atoms with Gasteiger partial charge in [-0.3, -0.25) is 9.78 Å². The largest absolute Gasteiger partial charge is 0.355 e. The highest BCUT2D eigenvalue weighted by molar-refractivity contribution is 7.89. The number of benzene rings is 1. The fraction of sp³-hybridized carbons (Fsp3) is 0.118. The predicted octanol–water partition coefficient (Wildman–Crippen LogP) is 2.10. The number of carbonyl (C=O) groups is 1. The van der Waals surface area contributed by atoms with Crippen molar-refractivity contribution >= 4 is 27.5 Å². The Morgan fingerprint density at radius 3 is 2.63 bits per heavy atom. The van der Waals surface area contributed by atoms with Gasteiger partial charge in [0.25, 0.3) is 5.91 Å². The molecule has 0 aliphatic heterocycles. The molecule has 140 valence electrons. The van der Waals surface area contributed by atoms with Crippen LogP contribution in [0, 0.1) is 0 Å². The van der Waals surface area contributed by atoms with E-state index in [9.17, 15) is 13.2 Å². The van der Waals surface area contributed by atoms with Gasteiger partial charge in [-0.05, 0) is 30.3 Å². The fourth-order valence-corrected chi connectivity index (χ4v) is 3.54. The lowest BCUT2D eigenvalue weighted by atomic mass is 10.2. The van der Waals surface area contributed by atoms with E-state index in [0.29, 0.717) is 10.8 Å². The molecule has 8 nitrogen and oxygen atoms in total. The smallest absolute Gasteiger partial charge is 0.273 e. The lowest BCUT2D eigenvalue weighted by molar-refractivity contribution is 0.0945. The van der Waals surface area contributed by atoms with Crippen molar-refractivity contribution in [2.45, 2.75) is 4.90 Å². The summed E-state index contributed by atoms with van der Waals surface area (Å²) in [5.41, 5.74) is 0.838. The number of hydrogen-bond donors (Lipinski definition) is 2. The molecule has 0 radical (unpaired) electrons. The van der Waals surface area contributed by atoms with Crippen LogP contribution in [0.1, 0.15) is 10.5 Å². The average molecular weight is 407 g/mol. The third-order valence-electron chi connectivity index (χ3n) is 3.52. The predicted molar refractivity (Wildman–Crippen MR) is 98.7 cm³/mol. The molecule has 2 aromatic heterocycles. The molecule has 2 heterocycles. The number of sulfonamides is 1. The summed E-state index contributed by atoms with van der Waals surface area (Å²) in [6.07, 6.45) is 3.20. The van der Waals surface area contributed by atoms with Crippen molar-refractivity contribution in [3.05, 3.63) is 65.6 Å². The second-order valence-corrected chi connectivity index (χ2v) is 7.63. The van der Waals surface area contributed by atoms with E-state index in [4.69, 9.17) is 16.1 Å². The molecule has 1 aromatic carbocycles. The number of amides is 1. The first kappa shape index (κ1) is 19.0. The van der Waals surface area contributed by atoms with Gasteiger partial charge in [-0.1, -0.05) is 22.8 Å². The van der Waals surface area contributed by atoms with Crippen LogP contribution in [0.3, 0.4) is 0 Å². The molecule has 0 bridgehead atoms. The Bertz CT molecular complexity index is 1040. The van der Waals surface area contributed by atoms with Gasteiger partial charge in [-0.2, -0.15) is 0 Å². The van der Waals surface area contributed by atoms with E-state index < -0.39 is 15.9 Å². The molecular formula is C17H15ClN4O4S. The van der Waals surface area contributed by atoms with Gasteiger partial charge in [0.05, 0.1) is 4.90 Å². The molecule has 0 spiro atoms. The first-order valence-electron chi connectivity index (χ1n) is 7.86. The first-order chi connectivity index (χ1) is 13.0.